The summed E-state index contributed by atoms with van der Waals surface area (Å²) in [6.45, 7) is 2.96. The maximum Gasteiger partial charge on any atom is 0.324 e. The molecule has 0 radical (unpaired) electrons. The Morgan fingerprint density at radius 1 is 1.33 bits per heavy atom. The molecule has 0 atom stereocenters. The van der Waals surface area contributed by atoms with Crippen molar-refractivity contribution in [2.45, 2.75) is 13.3 Å². The fraction of sp³-hybridized carbons (Fsp3) is 0.364. The zero-order valence-corrected chi connectivity index (χ0v) is 11.3. The number of aryl methyl sites for hydroxylation is 1. The zero-order chi connectivity index (χ0) is 13.1. The molecule has 18 heavy (non-hydrogen) atoms. The van der Waals surface area contributed by atoms with Crippen molar-refractivity contribution < 1.29 is 4.98 Å². The molecule has 0 bridgehead atoms. The Labute approximate surface area is 110 Å². The summed E-state index contributed by atoms with van der Waals surface area (Å²) < 4.78 is 0. The lowest BCUT2D eigenvalue weighted by atomic mass is 10.1. The van der Waals surface area contributed by atoms with Crippen LogP contribution in [0.2, 0.25) is 0 Å². The summed E-state index contributed by atoms with van der Waals surface area (Å²) in [5, 5.41) is 4.33. The predicted molar refractivity (Wildman–Crippen MR) is 73.4 cm³/mol. The van der Waals surface area contributed by atoms with Gasteiger partial charge in [-0.2, -0.15) is 11.3 Å². The summed E-state index contributed by atoms with van der Waals surface area (Å²) in [4.78, 5) is 12.8. The molecule has 0 aliphatic heterocycles. The summed E-state index contributed by atoms with van der Waals surface area (Å²) >= 11 is 1.73. The average molecular weight is 265 g/mol. The van der Waals surface area contributed by atoms with Gasteiger partial charge in [-0.1, -0.05) is 9.97 Å². The summed E-state index contributed by atoms with van der Waals surface area (Å²) in [5.74, 6) is 1.09. The fourth-order valence-electron chi connectivity index (χ4n) is 1.65. The van der Waals surface area contributed by atoms with E-state index in [9.17, 15) is 0 Å². The largest absolute Gasteiger partial charge is 0.351 e. The number of H-pyrrole nitrogens is 1. The predicted octanol–water partition coefficient (Wildman–Crippen LogP) is 0.504. The molecular formula is C11H17N6S+. The van der Waals surface area contributed by atoms with E-state index < -0.39 is 0 Å². The quantitative estimate of drug-likeness (QED) is 0.839. The lowest BCUT2D eigenvalue weighted by molar-refractivity contribution is -0.354. The van der Waals surface area contributed by atoms with Gasteiger partial charge >= 0.3 is 17.8 Å². The zero-order valence-electron chi connectivity index (χ0n) is 10.5. The molecule has 0 saturated carbocycles. The summed E-state index contributed by atoms with van der Waals surface area (Å²) in [5.41, 5.74) is 13.9. The second-order valence-corrected chi connectivity index (χ2v) is 4.91. The lowest BCUT2D eigenvalue weighted by Crippen LogP contribution is -2.31. The third-order valence-electron chi connectivity index (χ3n) is 2.74. The Bertz CT molecular complexity index is 518. The van der Waals surface area contributed by atoms with Crippen LogP contribution in [0, 0.1) is 6.92 Å². The molecule has 6 nitrogen and oxygen atoms in total. The summed E-state index contributed by atoms with van der Waals surface area (Å²) in [6, 6.07) is 0. The summed E-state index contributed by atoms with van der Waals surface area (Å²) in [7, 11) is 1.94. The van der Waals surface area contributed by atoms with E-state index in [1.165, 1.54) is 11.1 Å². The van der Waals surface area contributed by atoms with Crippen LogP contribution in [0.4, 0.5) is 17.8 Å². The van der Waals surface area contributed by atoms with Crippen molar-refractivity contribution in [3.05, 3.63) is 21.9 Å². The van der Waals surface area contributed by atoms with E-state index in [2.05, 4.69) is 32.6 Å². The maximum atomic E-state index is 5.60. The van der Waals surface area contributed by atoms with E-state index >= 15 is 0 Å². The second kappa shape index (κ2) is 5.18. The van der Waals surface area contributed by atoms with Crippen LogP contribution in [0.1, 0.15) is 11.1 Å². The number of hydrogen-bond acceptors (Lipinski definition) is 6. The molecule has 96 valence electrons. The van der Waals surface area contributed by atoms with Gasteiger partial charge in [-0.3, -0.25) is 4.90 Å². The number of rotatable bonds is 4. The number of nitrogens with zero attached hydrogens (tertiary/aromatic N) is 3. The maximum absolute atomic E-state index is 5.60. The molecule has 0 aliphatic carbocycles. The van der Waals surface area contributed by atoms with Crippen molar-refractivity contribution in [1.82, 2.24) is 9.97 Å². The number of aromatic amines is 1. The molecule has 0 saturated heterocycles. The highest BCUT2D eigenvalue weighted by Gasteiger charge is 2.13. The van der Waals surface area contributed by atoms with Gasteiger partial charge in [0.2, 0.25) is 0 Å². The van der Waals surface area contributed by atoms with Gasteiger partial charge in [-0.15, -0.1) is 0 Å². The number of hydrogen-bond donors (Lipinski definition) is 2. The first-order chi connectivity index (χ1) is 8.56. The first-order valence-corrected chi connectivity index (χ1v) is 6.55. The molecule has 2 aromatic heterocycles. The van der Waals surface area contributed by atoms with Crippen molar-refractivity contribution in [3.8, 4) is 0 Å². The van der Waals surface area contributed by atoms with Crippen LogP contribution in [-0.4, -0.2) is 23.6 Å². The Morgan fingerprint density at radius 3 is 2.72 bits per heavy atom. The molecule has 5 N–H and O–H groups in total. The molecule has 0 amide bonds. The van der Waals surface area contributed by atoms with Crippen molar-refractivity contribution in [1.29, 1.82) is 0 Å². The normalized spacial score (nSPS) is 10.6. The number of anilines is 3. The Kier molecular flexibility index (Phi) is 3.61. The van der Waals surface area contributed by atoms with Crippen molar-refractivity contribution in [3.63, 3.8) is 0 Å². The topological polar surface area (TPSA) is 95.2 Å². The highest BCUT2D eigenvalue weighted by Crippen LogP contribution is 2.15. The molecule has 0 aliphatic rings. The van der Waals surface area contributed by atoms with Gasteiger partial charge in [-0.25, -0.2) is 4.98 Å². The smallest absolute Gasteiger partial charge is 0.324 e. The molecule has 2 rings (SSSR count). The SMILES string of the molecule is Cc1cscc1CCN(C)c1nc(N)nc(N)[nH+]1. The van der Waals surface area contributed by atoms with Gasteiger partial charge in [0.05, 0.1) is 6.54 Å². The highest BCUT2D eigenvalue weighted by atomic mass is 32.1. The van der Waals surface area contributed by atoms with Crippen LogP contribution in [0.5, 0.6) is 0 Å². The lowest BCUT2D eigenvalue weighted by Gasteiger charge is -2.12. The molecule has 2 aromatic rings. The van der Waals surface area contributed by atoms with E-state index in [-0.39, 0.29) is 11.9 Å². The number of aromatic nitrogens is 3. The van der Waals surface area contributed by atoms with Crippen LogP contribution in [0.25, 0.3) is 0 Å². The van der Waals surface area contributed by atoms with Crippen LogP contribution < -0.4 is 21.4 Å². The minimum absolute atomic E-state index is 0.180. The number of thiophene rings is 1. The summed E-state index contributed by atoms with van der Waals surface area (Å²) in [6.07, 6.45) is 0.962. The van der Waals surface area contributed by atoms with Crippen molar-refractivity contribution in [2.24, 2.45) is 0 Å². The van der Waals surface area contributed by atoms with Crippen molar-refractivity contribution >= 4 is 29.2 Å². The van der Waals surface area contributed by atoms with Crippen LogP contribution in [-0.2, 0) is 6.42 Å². The van der Waals surface area contributed by atoms with E-state index in [4.69, 9.17) is 11.5 Å². The van der Waals surface area contributed by atoms with Crippen LogP contribution >= 0.6 is 11.3 Å². The monoisotopic (exact) mass is 265 g/mol. The van der Waals surface area contributed by atoms with Gasteiger partial charge in [0.1, 0.15) is 0 Å². The Morgan fingerprint density at radius 2 is 2.11 bits per heavy atom. The minimum atomic E-state index is 0.180. The number of likely N-dealkylation sites (N-methyl/N-ethyl adjacent to an activating group) is 1. The Balaban J connectivity index is 2.03. The van der Waals surface area contributed by atoms with Gasteiger partial charge in [0.25, 0.3) is 0 Å². The third kappa shape index (κ3) is 2.86. The van der Waals surface area contributed by atoms with Crippen LogP contribution in [0.15, 0.2) is 10.8 Å². The van der Waals surface area contributed by atoms with Crippen molar-refractivity contribution in [2.75, 3.05) is 30.0 Å². The molecule has 0 spiro atoms. The minimum Gasteiger partial charge on any atom is -0.351 e. The molecular weight excluding hydrogens is 248 g/mol. The van der Waals surface area contributed by atoms with E-state index in [1.54, 1.807) is 11.3 Å². The molecule has 0 fully saturated rings. The van der Waals surface area contributed by atoms with Crippen LogP contribution in [0.3, 0.4) is 0 Å². The molecule has 7 heteroatoms. The Hall–Kier alpha value is -1.89. The number of nitrogens with one attached hydrogen (secondary N) is 1. The fourth-order valence-corrected chi connectivity index (χ4v) is 2.54. The second-order valence-electron chi connectivity index (χ2n) is 4.17. The number of nitrogen functional groups attached to an aromatic ring is 2. The van der Waals surface area contributed by atoms with E-state index in [0.717, 1.165) is 13.0 Å². The van der Waals surface area contributed by atoms with Gasteiger partial charge in [0.15, 0.2) is 0 Å². The third-order valence-corrected chi connectivity index (χ3v) is 3.65. The first-order valence-electron chi connectivity index (χ1n) is 5.61. The molecule has 0 unspecified atom stereocenters. The van der Waals surface area contributed by atoms with E-state index in [1.807, 2.05) is 11.9 Å². The van der Waals surface area contributed by atoms with Gasteiger partial charge in [-0.05, 0) is 35.2 Å². The first kappa shape index (κ1) is 12.6. The molecule has 0 aromatic carbocycles. The van der Waals surface area contributed by atoms with E-state index in [0.29, 0.717) is 5.95 Å². The average Bonchev–Trinajstić information content (AvgIpc) is 2.70. The highest BCUT2D eigenvalue weighted by molar-refractivity contribution is 7.08. The number of nitrogens with two attached hydrogens (primary N) is 2. The van der Waals surface area contributed by atoms with Gasteiger partial charge < -0.3 is 11.5 Å². The standard InChI is InChI=1S/C11H16N6S/c1-7-5-18-6-8(7)3-4-17(2)11-15-9(12)14-10(13)16-11/h5-6H,3-4H2,1-2H3,(H4,12,13,14,15,16)/p+1. The van der Waals surface area contributed by atoms with Gasteiger partial charge in [0, 0.05) is 7.05 Å². The molecule has 2 heterocycles.